The molecule has 5 nitrogen and oxygen atoms in total. The summed E-state index contributed by atoms with van der Waals surface area (Å²) in [5.74, 6) is 2.32. The zero-order valence-electron chi connectivity index (χ0n) is 17.1. The number of hydrogen-bond acceptors (Lipinski definition) is 2. The molecule has 0 amide bonds. The van der Waals surface area contributed by atoms with Crippen molar-refractivity contribution in [1.82, 2.24) is 14.8 Å². The van der Waals surface area contributed by atoms with Gasteiger partial charge in [0.25, 0.3) is 0 Å². The van der Waals surface area contributed by atoms with Gasteiger partial charge in [0.2, 0.25) is 0 Å². The minimum absolute atomic E-state index is 0. The normalized spacial score (nSPS) is 12.3. The van der Waals surface area contributed by atoms with Gasteiger partial charge in [0.05, 0.1) is 13.7 Å². The highest BCUT2D eigenvalue weighted by Gasteiger charge is 2.09. The van der Waals surface area contributed by atoms with Gasteiger partial charge in [0.1, 0.15) is 5.75 Å². The molecule has 0 aliphatic heterocycles. The van der Waals surface area contributed by atoms with E-state index in [1.807, 2.05) is 12.1 Å². The van der Waals surface area contributed by atoms with Crippen molar-refractivity contribution >= 4 is 29.9 Å². The van der Waals surface area contributed by atoms with E-state index in [0.29, 0.717) is 5.92 Å². The summed E-state index contributed by atoms with van der Waals surface area (Å²) < 4.78 is 7.37. The Balaban J connectivity index is 0.00000364. The van der Waals surface area contributed by atoms with Crippen molar-refractivity contribution in [3.63, 3.8) is 0 Å². The first-order chi connectivity index (χ1) is 12.5. The summed E-state index contributed by atoms with van der Waals surface area (Å²) in [6.45, 7) is 6.85. The Bertz CT molecular complexity index is 696. The van der Waals surface area contributed by atoms with E-state index in [1.165, 1.54) is 11.3 Å². The number of aromatic nitrogens is 1. The fourth-order valence-corrected chi connectivity index (χ4v) is 2.91. The molecule has 1 heterocycles. The molecule has 0 fully saturated rings. The quantitative estimate of drug-likeness (QED) is 0.346. The minimum Gasteiger partial charge on any atom is -0.497 e. The van der Waals surface area contributed by atoms with Crippen LogP contribution in [0.1, 0.15) is 37.4 Å². The topological polar surface area (TPSA) is 41.8 Å². The summed E-state index contributed by atoms with van der Waals surface area (Å²) >= 11 is 0. The smallest absolute Gasteiger partial charge is 0.194 e. The number of benzene rings is 1. The van der Waals surface area contributed by atoms with Gasteiger partial charge in [0, 0.05) is 39.1 Å². The van der Waals surface area contributed by atoms with Crippen LogP contribution in [0.15, 0.2) is 47.6 Å². The summed E-state index contributed by atoms with van der Waals surface area (Å²) in [5.41, 5.74) is 2.59. The molecule has 2 aromatic rings. The molecule has 1 atom stereocenters. The zero-order valence-corrected chi connectivity index (χ0v) is 19.4. The van der Waals surface area contributed by atoms with Crippen molar-refractivity contribution in [2.45, 2.75) is 32.7 Å². The highest BCUT2D eigenvalue weighted by molar-refractivity contribution is 14.0. The van der Waals surface area contributed by atoms with Crippen LogP contribution in [0.2, 0.25) is 0 Å². The molecule has 1 unspecified atom stereocenters. The van der Waals surface area contributed by atoms with Crippen LogP contribution in [0.4, 0.5) is 0 Å². The van der Waals surface area contributed by atoms with Crippen molar-refractivity contribution in [1.29, 1.82) is 0 Å². The zero-order chi connectivity index (χ0) is 18.9. The molecule has 0 radical (unpaired) electrons. The molecule has 150 valence electrons. The van der Waals surface area contributed by atoms with E-state index in [2.05, 4.69) is 73.2 Å². The monoisotopic (exact) mass is 484 g/mol. The van der Waals surface area contributed by atoms with E-state index < -0.39 is 0 Å². The number of nitrogens with one attached hydrogen (secondary N) is 1. The molecule has 1 aromatic heterocycles. The molecule has 27 heavy (non-hydrogen) atoms. The molecule has 1 aromatic carbocycles. The second-order valence-corrected chi connectivity index (χ2v) is 6.67. The summed E-state index contributed by atoms with van der Waals surface area (Å²) in [7, 11) is 5.85. The van der Waals surface area contributed by atoms with Crippen LogP contribution in [0.3, 0.4) is 0 Å². The number of nitrogens with zero attached hydrogens (tertiary/aromatic N) is 3. The number of ether oxygens (including phenoxy) is 1. The van der Waals surface area contributed by atoms with Crippen LogP contribution >= 0.6 is 24.0 Å². The molecule has 6 heteroatoms. The number of rotatable bonds is 8. The number of guanidine groups is 1. The van der Waals surface area contributed by atoms with Gasteiger partial charge in [-0.2, -0.15) is 0 Å². The summed E-state index contributed by atoms with van der Waals surface area (Å²) in [5, 5.41) is 3.39. The largest absolute Gasteiger partial charge is 0.497 e. The minimum atomic E-state index is 0. The third-order valence-electron chi connectivity index (χ3n) is 4.66. The average molecular weight is 484 g/mol. The number of methoxy groups -OCH3 is 1. The fourth-order valence-electron chi connectivity index (χ4n) is 2.91. The number of aryl methyl sites for hydroxylation is 1. The Morgan fingerprint density at radius 1 is 1.26 bits per heavy atom. The molecule has 2 rings (SSSR count). The number of halogens is 1. The predicted molar refractivity (Wildman–Crippen MR) is 124 cm³/mol. The van der Waals surface area contributed by atoms with Crippen molar-refractivity contribution in [2.75, 3.05) is 27.2 Å². The SMILES string of the molecule is CCNC(=NCCC(C)c1ccc(OC)cc1)N(C)Cc1cccn1C.I. The van der Waals surface area contributed by atoms with Gasteiger partial charge in [-0.15, -0.1) is 24.0 Å². The van der Waals surface area contributed by atoms with Crippen LogP contribution in [-0.2, 0) is 13.6 Å². The van der Waals surface area contributed by atoms with Crippen LogP contribution < -0.4 is 10.1 Å². The van der Waals surface area contributed by atoms with Crippen molar-refractivity contribution in [3.05, 3.63) is 53.9 Å². The lowest BCUT2D eigenvalue weighted by molar-refractivity contribution is 0.414. The second kappa shape index (κ2) is 11.9. The molecule has 0 aliphatic carbocycles. The summed E-state index contributed by atoms with van der Waals surface area (Å²) in [6, 6.07) is 12.5. The molecule has 1 N–H and O–H groups in total. The summed E-state index contributed by atoms with van der Waals surface area (Å²) in [6.07, 6.45) is 3.09. The Morgan fingerprint density at radius 3 is 2.52 bits per heavy atom. The lowest BCUT2D eigenvalue weighted by Gasteiger charge is -2.22. The maximum atomic E-state index is 5.23. The van der Waals surface area contributed by atoms with Gasteiger partial charge < -0.3 is 19.5 Å². The first-order valence-corrected chi connectivity index (χ1v) is 9.28. The third-order valence-corrected chi connectivity index (χ3v) is 4.66. The Hall–Kier alpha value is -1.70. The molecular formula is C21H33IN4O. The van der Waals surface area contributed by atoms with Crippen LogP contribution in [0.25, 0.3) is 0 Å². The molecule has 0 aliphatic rings. The second-order valence-electron chi connectivity index (χ2n) is 6.67. The predicted octanol–water partition coefficient (Wildman–Crippen LogP) is 4.24. The lowest BCUT2D eigenvalue weighted by Crippen LogP contribution is -2.39. The van der Waals surface area contributed by atoms with Crippen LogP contribution in [-0.4, -0.2) is 42.7 Å². The van der Waals surface area contributed by atoms with Crippen LogP contribution in [0, 0.1) is 0 Å². The number of hydrogen-bond donors (Lipinski definition) is 1. The maximum Gasteiger partial charge on any atom is 0.194 e. The van der Waals surface area contributed by atoms with Gasteiger partial charge in [-0.25, -0.2) is 0 Å². The fraction of sp³-hybridized carbons (Fsp3) is 0.476. The lowest BCUT2D eigenvalue weighted by atomic mass is 9.98. The molecule has 0 saturated carbocycles. The molecular weight excluding hydrogens is 451 g/mol. The average Bonchev–Trinajstić information content (AvgIpc) is 3.05. The van der Waals surface area contributed by atoms with Crippen molar-refractivity contribution < 1.29 is 4.74 Å². The maximum absolute atomic E-state index is 5.23. The van der Waals surface area contributed by atoms with Crippen LogP contribution in [0.5, 0.6) is 5.75 Å². The van der Waals surface area contributed by atoms with E-state index in [9.17, 15) is 0 Å². The van der Waals surface area contributed by atoms with Gasteiger partial charge in [0.15, 0.2) is 5.96 Å². The van der Waals surface area contributed by atoms with Gasteiger partial charge in [-0.05, 0) is 49.1 Å². The Labute approximate surface area is 180 Å². The first-order valence-electron chi connectivity index (χ1n) is 9.28. The highest BCUT2D eigenvalue weighted by atomic mass is 127. The first kappa shape index (κ1) is 23.3. The molecule has 0 saturated heterocycles. The van der Waals surface area contributed by atoms with E-state index in [-0.39, 0.29) is 24.0 Å². The molecule has 0 bridgehead atoms. The van der Waals surface area contributed by atoms with E-state index >= 15 is 0 Å². The standard InChI is InChI=1S/C21H32N4O.HI/c1-6-22-21(25(4)16-19-8-7-15-24(19)3)23-14-13-17(2)18-9-11-20(26-5)12-10-18;/h7-12,15,17H,6,13-14,16H2,1-5H3,(H,22,23);1H. The summed E-state index contributed by atoms with van der Waals surface area (Å²) in [4.78, 5) is 7.00. The van der Waals surface area contributed by atoms with E-state index in [1.54, 1.807) is 7.11 Å². The Morgan fingerprint density at radius 2 is 1.96 bits per heavy atom. The Kier molecular flexibility index (Phi) is 10.3. The number of aliphatic imine (C=N–C) groups is 1. The van der Waals surface area contributed by atoms with E-state index in [4.69, 9.17) is 9.73 Å². The van der Waals surface area contributed by atoms with Gasteiger partial charge in [-0.1, -0.05) is 19.1 Å². The van der Waals surface area contributed by atoms with Crippen molar-refractivity contribution in [3.8, 4) is 5.75 Å². The third kappa shape index (κ3) is 7.08. The van der Waals surface area contributed by atoms with Gasteiger partial charge >= 0.3 is 0 Å². The van der Waals surface area contributed by atoms with Gasteiger partial charge in [-0.3, -0.25) is 4.99 Å². The highest BCUT2D eigenvalue weighted by Crippen LogP contribution is 2.21. The van der Waals surface area contributed by atoms with E-state index in [0.717, 1.165) is 37.8 Å². The molecule has 0 spiro atoms. The van der Waals surface area contributed by atoms with Crippen molar-refractivity contribution in [2.24, 2.45) is 12.0 Å².